The number of allylic oxidation sites excluding steroid dienone is 2. The lowest BCUT2D eigenvalue weighted by Crippen LogP contribution is -2.24. The van der Waals surface area contributed by atoms with Crippen molar-refractivity contribution in [3.05, 3.63) is 48.7 Å². The molecule has 3 rings (SSSR count). The highest BCUT2D eigenvalue weighted by Crippen LogP contribution is 2.43. The third-order valence-electron chi connectivity index (χ3n) is 3.46. The molecule has 0 radical (unpaired) electrons. The molecule has 0 spiro atoms. The lowest BCUT2D eigenvalue weighted by Gasteiger charge is -2.22. The molecule has 1 unspecified atom stereocenters. The Morgan fingerprint density at radius 1 is 1.26 bits per heavy atom. The van der Waals surface area contributed by atoms with E-state index in [2.05, 4.69) is 12.7 Å². The zero-order chi connectivity index (χ0) is 16.4. The van der Waals surface area contributed by atoms with Gasteiger partial charge in [0.05, 0.1) is 11.0 Å². The summed E-state index contributed by atoms with van der Waals surface area (Å²) >= 11 is 1.84. The molecule has 0 amide bonds. The number of hydrogen-bond donors (Lipinski definition) is 0. The largest absolute Gasteiger partial charge is 0.470 e. The van der Waals surface area contributed by atoms with Crippen molar-refractivity contribution in [1.82, 2.24) is 9.97 Å². The predicted molar refractivity (Wildman–Crippen MR) is 98.7 cm³/mol. The van der Waals surface area contributed by atoms with Crippen molar-refractivity contribution in [2.45, 2.75) is 44.5 Å². The quantitative estimate of drug-likeness (QED) is 0.721. The molecule has 0 N–H and O–H groups in total. The van der Waals surface area contributed by atoms with Gasteiger partial charge in [0.25, 0.3) is 0 Å². The van der Waals surface area contributed by atoms with Gasteiger partial charge in [-0.3, -0.25) is 0 Å². The summed E-state index contributed by atoms with van der Waals surface area (Å²) in [6, 6.07) is 7.93. The highest BCUT2D eigenvalue weighted by atomic mass is 32.2. The Kier molecular flexibility index (Phi) is 4.44. The number of fused-ring (bicyclic) bond motifs is 1. The average Bonchev–Trinajstić information content (AvgIpc) is 2.94. The molecule has 0 saturated heterocycles. The molecule has 0 aliphatic carbocycles. The molecule has 1 atom stereocenters. The first-order valence-corrected chi connectivity index (χ1v) is 8.78. The minimum absolute atomic E-state index is 0.309. The minimum Gasteiger partial charge on any atom is -0.470 e. The van der Waals surface area contributed by atoms with Crippen LogP contribution in [0.4, 0.5) is 0 Å². The number of rotatable bonds is 4. The maximum atomic E-state index is 6.10. The van der Waals surface area contributed by atoms with E-state index < -0.39 is 0 Å². The molecule has 1 aromatic carbocycles. The zero-order valence-corrected chi connectivity index (χ0v) is 14.7. The lowest BCUT2D eigenvalue weighted by atomic mass is 10.2. The fourth-order valence-corrected chi connectivity index (χ4v) is 3.72. The zero-order valence-electron chi connectivity index (χ0n) is 13.9. The second kappa shape index (κ2) is 6.36. The van der Waals surface area contributed by atoms with Crippen LogP contribution in [0.1, 0.15) is 39.3 Å². The number of benzene rings is 1. The van der Waals surface area contributed by atoms with Crippen LogP contribution in [0.25, 0.3) is 15.9 Å². The van der Waals surface area contributed by atoms with E-state index in [1.165, 1.54) is 0 Å². The van der Waals surface area contributed by atoms with Crippen molar-refractivity contribution >= 4 is 27.7 Å². The second-order valence-corrected chi connectivity index (χ2v) is 7.99. The summed E-state index contributed by atoms with van der Waals surface area (Å²) in [6.07, 6.45) is 6.26. The number of aromatic nitrogens is 2. The maximum Gasteiger partial charge on any atom is 0.242 e. The smallest absolute Gasteiger partial charge is 0.242 e. The Labute approximate surface area is 141 Å². The molecule has 1 aliphatic heterocycles. The standard InChI is InChI=1S/C19H22N2OS/c1-5-8-13-11-12-16(23-13)17-18(22-19(2,3)4)21-15-10-7-6-9-14(15)20-17/h5-7,9-10,12-13H,1,8,11H2,2-4H3. The van der Waals surface area contributed by atoms with E-state index in [-0.39, 0.29) is 5.60 Å². The van der Waals surface area contributed by atoms with Crippen LogP contribution in [0.2, 0.25) is 0 Å². The molecule has 2 aromatic rings. The van der Waals surface area contributed by atoms with Gasteiger partial charge in [-0.25, -0.2) is 9.97 Å². The molecule has 3 nitrogen and oxygen atoms in total. The summed E-state index contributed by atoms with van der Waals surface area (Å²) < 4.78 is 6.10. The SMILES string of the molecule is C=CCC1CC=C(c2nc3ccccc3nc2OC(C)(C)C)S1. The molecule has 0 saturated carbocycles. The monoisotopic (exact) mass is 326 g/mol. The van der Waals surface area contributed by atoms with Gasteiger partial charge in [-0.2, -0.15) is 0 Å². The van der Waals surface area contributed by atoms with Crippen molar-refractivity contribution in [3.8, 4) is 5.88 Å². The number of para-hydroxylation sites is 2. The highest BCUT2D eigenvalue weighted by molar-refractivity contribution is 8.09. The van der Waals surface area contributed by atoms with Crippen LogP contribution in [-0.2, 0) is 0 Å². The highest BCUT2D eigenvalue weighted by Gasteiger charge is 2.25. The van der Waals surface area contributed by atoms with E-state index in [9.17, 15) is 0 Å². The molecular weight excluding hydrogens is 304 g/mol. The number of thioether (sulfide) groups is 1. The van der Waals surface area contributed by atoms with Crippen LogP contribution in [0.15, 0.2) is 43.0 Å². The molecule has 0 bridgehead atoms. The van der Waals surface area contributed by atoms with E-state index >= 15 is 0 Å². The third-order valence-corrected chi connectivity index (χ3v) is 4.80. The van der Waals surface area contributed by atoms with Crippen molar-refractivity contribution < 1.29 is 4.74 Å². The Morgan fingerprint density at radius 3 is 2.61 bits per heavy atom. The van der Waals surface area contributed by atoms with Gasteiger partial charge in [0.15, 0.2) is 0 Å². The van der Waals surface area contributed by atoms with E-state index in [1.54, 1.807) is 0 Å². The Morgan fingerprint density at radius 2 is 1.96 bits per heavy atom. The van der Waals surface area contributed by atoms with Gasteiger partial charge in [0.1, 0.15) is 11.3 Å². The second-order valence-electron chi connectivity index (χ2n) is 6.65. The number of ether oxygens (including phenoxy) is 1. The van der Waals surface area contributed by atoms with Gasteiger partial charge < -0.3 is 4.74 Å². The van der Waals surface area contributed by atoms with Gasteiger partial charge >= 0.3 is 0 Å². The van der Waals surface area contributed by atoms with E-state index in [4.69, 9.17) is 14.7 Å². The molecule has 23 heavy (non-hydrogen) atoms. The van der Waals surface area contributed by atoms with Crippen molar-refractivity contribution in [3.63, 3.8) is 0 Å². The molecule has 2 heterocycles. The van der Waals surface area contributed by atoms with Crippen LogP contribution in [0.3, 0.4) is 0 Å². The number of nitrogens with zero attached hydrogens (tertiary/aromatic N) is 2. The van der Waals surface area contributed by atoms with Crippen LogP contribution in [0.5, 0.6) is 5.88 Å². The topological polar surface area (TPSA) is 35.0 Å². The van der Waals surface area contributed by atoms with E-state index in [0.717, 1.165) is 34.5 Å². The van der Waals surface area contributed by atoms with Crippen molar-refractivity contribution in [2.75, 3.05) is 0 Å². The van der Waals surface area contributed by atoms with Crippen molar-refractivity contribution in [1.29, 1.82) is 0 Å². The average molecular weight is 326 g/mol. The summed E-state index contributed by atoms with van der Waals surface area (Å²) in [7, 11) is 0. The fourth-order valence-electron chi connectivity index (χ4n) is 2.50. The van der Waals surface area contributed by atoms with Gasteiger partial charge in [0, 0.05) is 10.2 Å². The predicted octanol–water partition coefficient (Wildman–Crippen LogP) is 5.23. The van der Waals surface area contributed by atoms with Gasteiger partial charge in [-0.1, -0.05) is 24.3 Å². The van der Waals surface area contributed by atoms with E-state index in [1.807, 2.05) is 62.9 Å². The summed E-state index contributed by atoms with van der Waals surface area (Å²) in [5, 5.41) is 0.540. The van der Waals surface area contributed by atoms with Gasteiger partial charge in [-0.05, 0) is 45.7 Å². The first-order valence-electron chi connectivity index (χ1n) is 7.90. The summed E-state index contributed by atoms with van der Waals surface area (Å²) in [4.78, 5) is 10.7. The van der Waals surface area contributed by atoms with Crippen LogP contribution in [-0.4, -0.2) is 20.8 Å². The maximum absolute atomic E-state index is 6.10. The Balaban J connectivity index is 2.03. The van der Waals surface area contributed by atoms with Gasteiger partial charge in [-0.15, -0.1) is 18.3 Å². The molecular formula is C19H22N2OS. The van der Waals surface area contributed by atoms with Crippen LogP contribution >= 0.6 is 11.8 Å². The fraction of sp³-hybridized carbons (Fsp3) is 0.368. The summed E-state index contributed by atoms with van der Waals surface area (Å²) in [5.41, 5.74) is 2.31. The summed E-state index contributed by atoms with van der Waals surface area (Å²) in [5.74, 6) is 0.620. The number of hydrogen-bond acceptors (Lipinski definition) is 4. The Hall–Kier alpha value is -1.81. The molecule has 0 fully saturated rings. The third kappa shape index (κ3) is 3.75. The van der Waals surface area contributed by atoms with Crippen LogP contribution in [0, 0.1) is 0 Å². The van der Waals surface area contributed by atoms with Crippen LogP contribution < -0.4 is 4.74 Å². The van der Waals surface area contributed by atoms with Crippen molar-refractivity contribution in [2.24, 2.45) is 0 Å². The van der Waals surface area contributed by atoms with Gasteiger partial charge in [0.2, 0.25) is 5.88 Å². The normalized spacial score (nSPS) is 18.0. The van der Waals surface area contributed by atoms with E-state index in [0.29, 0.717) is 11.1 Å². The summed E-state index contributed by atoms with van der Waals surface area (Å²) in [6.45, 7) is 9.94. The molecule has 4 heteroatoms. The first-order chi connectivity index (χ1) is 11.0. The Bertz CT molecular complexity index is 762. The lowest BCUT2D eigenvalue weighted by molar-refractivity contribution is 0.123. The first kappa shape index (κ1) is 16.1. The molecule has 1 aromatic heterocycles. The minimum atomic E-state index is -0.309. The molecule has 1 aliphatic rings. The molecule has 120 valence electrons.